The average molecular weight is 312 g/mol. The molecule has 2 rings (SSSR count). The average Bonchev–Trinajstić information content (AvgIpc) is 2.58. The van der Waals surface area contributed by atoms with Gasteiger partial charge in [0, 0.05) is 12.0 Å². The van der Waals surface area contributed by atoms with E-state index < -0.39 is 17.4 Å². The van der Waals surface area contributed by atoms with Gasteiger partial charge in [0.15, 0.2) is 5.41 Å². The lowest BCUT2D eigenvalue weighted by Gasteiger charge is -2.29. The third kappa shape index (κ3) is 3.29. The fraction of sp³-hybridized carbons (Fsp3) is 0.368. The lowest BCUT2D eigenvalue weighted by atomic mass is 9.75. The molecule has 0 fully saturated rings. The van der Waals surface area contributed by atoms with Gasteiger partial charge in [-0.25, -0.2) is 0 Å². The molecular formula is C19H20O4. The van der Waals surface area contributed by atoms with Gasteiger partial charge in [-0.1, -0.05) is 42.7 Å². The first-order valence-corrected chi connectivity index (χ1v) is 7.48. The van der Waals surface area contributed by atoms with E-state index in [1.165, 1.54) is 14.2 Å². The molecule has 23 heavy (non-hydrogen) atoms. The first-order chi connectivity index (χ1) is 11.0. The molecule has 0 amide bonds. The minimum Gasteiger partial charge on any atom is -0.468 e. The SMILES string of the molecule is C=C1C#CCCCC(C(=O)OC)(C(=O)OC)Cc2ccccc21. The van der Waals surface area contributed by atoms with E-state index in [4.69, 9.17) is 9.47 Å². The summed E-state index contributed by atoms with van der Waals surface area (Å²) in [5.74, 6) is 4.95. The maximum atomic E-state index is 12.5. The van der Waals surface area contributed by atoms with Crippen LogP contribution in [-0.2, 0) is 25.5 Å². The Balaban J connectivity index is 2.60. The molecule has 1 aromatic carbocycles. The van der Waals surface area contributed by atoms with Crippen molar-refractivity contribution in [1.29, 1.82) is 0 Å². The van der Waals surface area contributed by atoms with E-state index in [9.17, 15) is 9.59 Å². The van der Waals surface area contributed by atoms with Crippen molar-refractivity contribution in [3.8, 4) is 11.8 Å². The highest BCUT2D eigenvalue weighted by atomic mass is 16.5. The standard InChI is InChI=1S/C19H20O4/c1-14-9-5-4-8-12-19(17(20)22-2,18(21)23-3)13-15-10-6-7-11-16(14)15/h6-7,10-11H,1,4,8,12-13H2,2-3H3. The Labute approximate surface area is 136 Å². The highest BCUT2D eigenvalue weighted by Crippen LogP contribution is 2.35. The van der Waals surface area contributed by atoms with E-state index in [0.29, 0.717) is 24.8 Å². The van der Waals surface area contributed by atoms with Gasteiger partial charge < -0.3 is 9.47 Å². The van der Waals surface area contributed by atoms with Crippen LogP contribution in [0.5, 0.6) is 0 Å². The van der Waals surface area contributed by atoms with Crippen LogP contribution in [0.1, 0.15) is 30.4 Å². The molecule has 0 N–H and O–H groups in total. The third-order valence-electron chi connectivity index (χ3n) is 4.13. The van der Waals surface area contributed by atoms with Gasteiger partial charge in [0.2, 0.25) is 0 Å². The number of rotatable bonds is 2. The number of fused-ring (bicyclic) bond motifs is 1. The number of hydrogen-bond donors (Lipinski definition) is 0. The fourth-order valence-electron chi connectivity index (χ4n) is 2.92. The van der Waals surface area contributed by atoms with Crippen molar-refractivity contribution < 1.29 is 19.1 Å². The minimum atomic E-state index is -1.35. The number of ether oxygens (including phenoxy) is 2. The second kappa shape index (κ2) is 7.15. The zero-order valence-corrected chi connectivity index (χ0v) is 13.5. The Morgan fingerprint density at radius 3 is 2.48 bits per heavy atom. The van der Waals surface area contributed by atoms with E-state index in [1.807, 2.05) is 24.3 Å². The highest BCUT2D eigenvalue weighted by molar-refractivity contribution is 6.00. The summed E-state index contributed by atoms with van der Waals surface area (Å²) < 4.78 is 9.86. The molecule has 0 saturated carbocycles. The Morgan fingerprint density at radius 2 is 1.83 bits per heavy atom. The summed E-state index contributed by atoms with van der Waals surface area (Å²) in [7, 11) is 2.58. The van der Waals surface area contributed by atoms with Crippen LogP contribution in [0.4, 0.5) is 0 Å². The predicted octanol–water partition coefficient (Wildman–Crippen LogP) is 2.76. The number of allylic oxidation sites excluding steroid dienone is 1. The maximum absolute atomic E-state index is 12.5. The second-order valence-corrected chi connectivity index (χ2v) is 5.53. The Morgan fingerprint density at radius 1 is 1.17 bits per heavy atom. The zero-order valence-electron chi connectivity index (χ0n) is 13.5. The second-order valence-electron chi connectivity index (χ2n) is 5.53. The molecule has 0 unspecified atom stereocenters. The molecule has 0 aliphatic heterocycles. The Bertz CT molecular complexity index is 675. The molecule has 1 aliphatic carbocycles. The van der Waals surface area contributed by atoms with Crippen molar-refractivity contribution in [2.24, 2.45) is 5.41 Å². The van der Waals surface area contributed by atoms with E-state index in [-0.39, 0.29) is 6.42 Å². The van der Waals surface area contributed by atoms with Gasteiger partial charge in [0.05, 0.1) is 14.2 Å². The first kappa shape index (κ1) is 16.8. The number of benzene rings is 1. The molecule has 0 radical (unpaired) electrons. The predicted molar refractivity (Wildman–Crippen MR) is 87.3 cm³/mol. The molecule has 0 atom stereocenters. The number of carbonyl (C=O) groups excluding carboxylic acids is 2. The molecular weight excluding hydrogens is 292 g/mol. The zero-order chi connectivity index (χ0) is 16.9. The summed E-state index contributed by atoms with van der Waals surface area (Å²) in [4.78, 5) is 24.9. The molecule has 4 nitrogen and oxygen atoms in total. The molecule has 0 heterocycles. The van der Waals surface area contributed by atoms with Crippen molar-refractivity contribution in [1.82, 2.24) is 0 Å². The summed E-state index contributed by atoms with van der Waals surface area (Å²) in [5.41, 5.74) is 1.02. The molecule has 1 aliphatic rings. The van der Waals surface area contributed by atoms with Crippen LogP contribution in [0.2, 0.25) is 0 Å². The number of carbonyl (C=O) groups is 2. The van der Waals surface area contributed by atoms with Crippen molar-refractivity contribution in [2.45, 2.75) is 25.7 Å². The molecule has 0 aromatic heterocycles. The van der Waals surface area contributed by atoms with E-state index >= 15 is 0 Å². The van der Waals surface area contributed by atoms with Gasteiger partial charge in [0.25, 0.3) is 0 Å². The van der Waals surface area contributed by atoms with Crippen LogP contribution < -0.4 is 0 Å². The molecule has 0 bridgehead atoms. The fourth-order valence-corrected chi connectivity index (χ4v) is 2.92. The number of hydrogen-bond acceptors (Lipinski definition) is 4. The van der Waals surface area contributed by atoms with Crippen molar-refractivity contribution >= 4 is 17.5 Å². The van der Waals surface area contributed by atoms with Crippen LogP contribution in [0.15, 0.2) is 30.8 Å². The van der Waals surface area contributed by atoms with Crippen LogP contribution in [0, 0.1) is 17.3 Å². The first-order valence-electron chi connectivity index (χ1n) is 7.48. The van der Waals surface area contributed by atoms with Gasteiger partial charge in [-0.2, -0.15) is 0 Å². The number of esters is 2. The van der Waals surface area contributed by atoms with Gasteiger partial charge in [-0.15, -0.1) is 0 Å². The largest absolute Gasteiger partial charge is 0.468 e. The summed E-state index contributed by atoms with van der Waals surface area (Å²) in [6.07, 6.45) is 1.73. The number of methoxy groups -OCH3 is 2. The van der Waals surface area contributed by atoms with E-state index in [1.54, 1.807) is 0 Å². The van der Waals surface area contributed by atoms with Crippen LogP contribution in [-0.4, -0.2) is 26.2 Å². The van der Waals surface area contributed by atoms with Crippen molar-refractivity contribution in [3.63, 3.8) is 0 Å². The highest BCUT2D eigenvalue weighted by Gasteiger charge is 2.48. The summed E-state index contributed by atoms with van der Waals surface area (Å²) >= 11 is 0. The lowest BCUT2D eigenvalue weighted by molar-refractivity contribution is -0.169. The summed E-state index contributed by atoms with van der Waals surface area (Å²) in [6, 6.07) is 7.53. The lowest BCUT2D eigenvalue weighted by Crippen LogP contribution is -2.43. The van der Waals surface area contributed by atoms with E-state index in [0.717, 1.165) is 11.1 Å². The summed E-state index contributed by atoms with van der Waals surface area (Å²) in [5, 5.41) is 0. The van der Waals surface area contributed by atoms with Gasteiger partial charge in [-0.3, -0.25) is 9.59 Å². The quantitative estimate of drug-likeness (QED) is 0.479. The smallest absolute Gasteiger partial charge is 0.323 e. The van der Waals surface area contributed by atoms with Crippen molar-refractivity contribution in [3.05, 3.63) is 42.0 Å². The minimum absolute atomic E-state index is 0.212. The van der Waals surface area contributed by atoms with Crippen molar-refractivity contribution in [2.75, 3.05) is 14.2 Å². The normalized spacial score (nSPS) is 16.3. The third-order valence-corrected chi connectivity index (χ3v) is 4.13. The molecule has 4 heteroatoms. The van der Waals surface area contributed by atoms with Crippen LogP contribution in [0.25, 0.3) is 5.57 Å². The van der Waals surface area contributed by atoms with Gasteiger partial charge in [0.1, 0.15) is 0 Å². The monoisotopic (exact) mass is 312 g/mol. The summed E-state index contributed by atoms with van der Waals surface area (Å²) in [6.45, 7) is 4.00. The topological polar surface area (TPSA) is 52.6 Å². The molecule has 0 spiro atoms. The maximum Gasteiger partial charge on any atom is 0.323 e. The molecule has 1 aromatic rings. The molecule has 0 saturated heterocycles. The Hall–Kier alpha value is -2.54. The van der Waals surface area contributed by atoms with Gasteiger partial charge in [-0.05, 0) is 30.4 Å². The van der Waals surface area contributed by atoms with E-state index in [2.05, 4.69) is 18.4 Å². The van der Waals surface area contributed by atoms with Gasteiger partial charge >= 0.3 is 11.9 Å². The van der Waals surface area contributed by atoms with Crippen LogP contribution in [0.3, 0.4) is 0 Å². The Kier molecular flexibility index (Phi) is 5.23. The molecule has 120 valence electrons. The van der Waals surface area contributed by atoms with Crippen LogP contribution >= 0.6 is 0 Å².